The Morgan fingerprint density at radius 2 is 1.88 bits per heavy atom. The van der Waals surface area contributed by atoms with Gasteiger partial charge in [0.05, 0.1) is 0 Å². The van der Waals surface area contributed by atoms with Crippen LogP contribution < -0.4 is 5.32 Å². The molecule has 0 aliphatic rings. The largest absolute Gasteiger partial charge is 0.352 e. The molecule has 0 amide bonds. The SMILES string of the molecule is CCc1ccccc1CNC(=NC)N(C)C. The summed E-state index contributed by atoms with van der Waals surface area (Å²) in [4.78, 5) is 6.17. The Morgan fingerprint density at radius 1 is 1.25 bits per heavy atom. The molecule has 16 heavy (non-hydrogen) atoms. The Kier molecular flexibility index (Phi) is 4.83. The number of guanidine groups is 1. The van der Waals surface area contributed by atoms with Gasteiger partial charge in [-0.1, -0.05) is 31.2 Å². The lowest BCUT2D eigenvalue weighted by Crippen LogP contribution is -2.35. The molecular formula is C13H21N3. The highest BCUT2D eigenvalue weighted by molar-refractivity contribution is 5.79. The van der Waals surface area contributed by atoms with Crippen LogP contribution >= 0.6 is 0 Å². The monoisotopic (exact) mass is 219 g/mol. The standard InChI is InChI=1S/C13H21N3/c1-5-11-8-6-7-9-12(11)10-15-13(14-2)16(3)4/h6-9H,5,10H2,1-4H3,(H,14,15). The third kappa shape index (κ3) is 3.26. The van der Waals surface area contributed by atoms with Gasteiger partial charge in [-0.2, -0.15) is 0 Å². The molecule has 0 fully saturated rings. The third-order valence-electron chi connectivity index (χ3n) is 2.57. The minimum absolute atomic E-state index is 0.828. The van der Waals surface area contributed by atoms with Crippen LogP contribution in [0.15, 0.2) is 29.3 Å². The molecule has 3 nitrogen and oxygen atoms in total. The molecule has 0 saturated carbocycles. The van der Waals surface area contributed by atoms with Gasteiger partial charge in [-0.05, 0) is 17.5 Å². The van der Waals surface area contributed by atoms with Gasteiger partial charge in [0.2, 0.25) is 0 Å². The molecule has 0 aromatic heterocycles. The van der Waals surface area contributed by atoms with E-state index in [0.29, 0.717) is 0 Å². The molecule has 0 aliphatic heterocycles. The molecular weight excluding hydrogens is 198 g/mol. The van der Waals surface area contributed by atoms with Crippen LogP contribution in [0.4, 0.5) is 0 Å². The van der Waals surface area contributed by atoms with E-state index in [9.17, 15) is 0 Å². The molecule has 0 spiro atoms. The predicted octanol–water partition coefficient (Wildman–Crippen LogP) is 1.89. The zero-order valence-electron chi connectivity index (χ0n) is 10.6. The zero-order valence-corrected chi connectivity index (χ0v) is 10.6. The Morgan fingerprint density at radius 3 is 2.38 bits per heavy atom. The number of nitrogens with zero attached hydrogens (tertiary/aromatic N) is 2. The second-order valence-corrected chi connectivity index (χ2v) is 3.92. The first-order valence-electron chi connectivity index (χ1n) is 5.63. The molecule has 0 saturated heterocycles. The number of benzene rings is 1. The van der Waals surface area contributed by atoms with Gasteiger partial charge in [0.1, 0.15) is 0 Å². The van der Waals surface area contributed by atoms with Crippen molar-refractivity contribution < 1.29 is 0 Å². The van der Waals surface area contributed by atoms with Crippen molar-refractivity contribution in [1.82, 2.24) is 10.2 Å². The lowest BCUT2D eigenvalue weighted by Gasteiger charge is -2.17. The van der Waals surface area contributed by atoms with Crippen molar-refractivity contribution in [2.45, 2.75) is 19.9 Å². The fraction of sp³-hybridized carbons (Fsp3) is 0.462. The van der Waals surface area contributed by atoms with E-state index in [-0.39, 0.29) is 0 Å². The number of aliphatic imine (C=N–C) groups is 1. The zero-order chi connectivity index (χ0) is 12.0. The van der Waals surface area contributed by atoms with Crippen molar-refractivity contribution in [3.63, 3.8) is 0 Å². The summed E-state index contributed by atoms with van der Waals surface area (Å²) in [6.45, 7) is 3.01. The normalized spacial score (nSPS) is 11.4. The second kappa shape index (κ2) is 6.16. The summed E-state index contributed by atoms with van der Waals surface area (Å²) in [6.07, 6.45) is 1.07. The summed E-state index contributed by atoms with van der Waals surface area (Å²) in [5.41, 5.74) is 2.73. The van der Waals surface area contributed by atoms with Crippen molar-refractivity contribution in [3.8, 4) is 0 Å². The number of hydrogen-bond acceptors (Lipinski definition) is 1. The Labute approximate surface area is 98.2 Å². The Balaban J connectivity index is 2.67. The van der Waals surface area contributed by atoms with Gasteiger partial charge in [0.25, 0.3) is 0 Å². The van der Waals surface area contributed by atoms with Crippen LogP contribution in [0, 0.1) is 0 Å². The highest BCUT2D eigenvalue weighted by Gasteiger charge is 2.02. The van der Waals surface area contributed by atoms with Crippen LogP contribution in [0.3, 0.4) is 0 Å². The summed E-state index contributed by atoms with van der Waals surface area (Å²) in [7, 11) is 5.77. The van der Waals surface area contributed by atoms with Crippen molar-refractivity contribution >= 4 is 5.96 Å². The lowest BCUT2D eigenvalue weighted by molar-refractivity contribution is 0.582. The fourth-order valence-corrected chi connectivity index (χ4v) is 1.69. The summed E-state index contributed by atoms with van der Waals surface area (Å²) in [6, 6.07) is 8.50. The molecule has 1 N–H and O–H groups in total. The van der Waals surface area contributed by atoms with Crippen molar-refractivity contribution in [1.29, 1.82) is 0 Å². The molecule has 0 aliphatic carbocycles. The molecule has 88 valence electrons. The van der Waals surface area contributed by atoms with Gasteiger partial charge < -0.3 is 10.2 Å². The van der Waals surface area contributed by atoms with Crippen molar-refractivity contribution in [2.75, 3.05) is 21.1 Å². The van der Waals surface area contributed by atoms with Crippen LogP contribution in [0.1, 0.15) is 18.1 Å². The van der Waals surface area contributed by atoms with Crippen molar-refractivity contribution in [3.05, 3.63) is 35.4 Å². The first-order chi connectivity index (χ1) is 7.69. The van der Waals surface area contributed by atoms with Crippen LogP contribution in [0.5, 0.6) is 0 Å². The van der Waals surface area contributed by atoms with Crippen LogP contribution in [0.25, 0.3) is 0 Å². The minimum atomic E-state index is 0.828. The van der Waals surface area contributed by atoms with Gasteiger partial charge in [-0.25, -0.2) is 0 Å². The average Bonchev–Trinajstić information content (AvgIpc) is 2.30. The summed E-state index contributed by atoms with van der Waals surface area (Å²) < 4.78 is 0. The molecule has 3 heteroatoms. The molecule has 0 radical (unpaired) electrons. The molecule has 1 rings (SSSR count). The highest BCUT2D eigenvalue weighted by Crippen LogP contribution is 2.08. The lowest BCUT2D eigenvalue weighted by atomic mass is 10.1. The molecule has 0 unspecified atom stereocenters. The smallest absolute Gasteiger partial charge is 0.193 e. The maximum absolute atomic E-state index is 4.19. The van der Waals surface area contributed by atoms with E-state index in [2.05, 4.69) is 41.5 Å². The average molecular weight is 219 g/mol. The maximum Gasteiger partial charge on any atom is 0.193 e. The summed E-state index contributed by atoms with van der Waals surface area (Å²) in [5.74, 6) is 0.908. The van der Waals surface area contributed by atoms with Crippen LogP contribution in [-0.4, -0.2) is 32.0 Å². The Bertz CT molecular complexity index is 356. The van der Waals surface area contributed by atoms with Gasteiger partial charge in [-0.3, -0.25) is 4.99 Å². The molecule has 0 bridgehead atoms. The van der Waals surface area contributed by atoms with E-state index in [4.69, 9.17) is 0 Å². The highest BCUT2D eigenvalue weighted by atomic mass is 15.3. The van der Waals surface area contributed by atoms with Crippen molar-refractivity contribution in [2.24, 2.45) is 4.99 Å². The molecule has 0 heterocycles. The predicted molar refractivity (Wildman–Crippen MR) is 69.7 cm³/mol. The van der Waals surface area contributed by atoms with E-state index >= 15 is 0 Å². The topological polar surface area (TPSA) is 27.6 Å². The molecule has 1 aromatic rings. The quantitative estimate of drug-likeness (QED) is 0.621. The third-order valence-corrected chi connectivity index (χ3v) is 2.57. The van der Waals surface area contributed by atoms with E-state index in [1.54, 1.807) is 7.05 Å². The summed E-state index contributed by atoms with van der Waals surface area (Å²) >= 11 is 0. The van der Waals surface area contributed by atoms with Gasteiger partial charge in [0, 0.05) is 27.7 Å². The number of hydrogen-bond donors (Lipinski definition) is 1. The summed E-state index contributed by atoms with van der Waals surface area (Å²) in [5, 5.41) is 3.34. The Hall–Kier alpha value is -1.51. The van der Waals surface area contributed by atoms with Crippen LogP contribution in [0.2, 0.25) is 0 Å². The van der Waals surface area contributed by atoms with Gasteiger partial charge >= 0.3 is 0 Å². The minimum Gasteiger partial charge on any atom is -0.352 e. The van der Waals surface area contributed by atoms with E-state index in [1.165, 1.54) is 11.1 Å². The second-order valence-electron chi connectivity index (χ2n) is 3.92. The van der Waals surface area contributed by atoms with E-state index in [1.807, 2.05) is 19.0 Å². The van der Waals surface area contributed by atoms with E-state index < -0.39 is 0 Å². The number of nitrogens with one attached hydrogen (secondary N) is 1. The molecule has 1 aromatic carbocycles. The maximum atomic E-state index is 4.19. The molecule has 0 atom stereocenters. The van der Waals surface area contributed by atoms with Crippen LogP contribution in [-0.2, 0) is 13.0 Å². The van der Waals surface area contributed by atoms with Gasteiger partial charge in [-0.15, -0.1) is 0 Å². The fourth-order valence-electron chi connectivity index (χ4n) is 1.69. The van der Waals surface area contributed by atoms with Gasteiger partial charge in [0.15, 0.2) is 5.96 Å². The first kappa shape index (κ1) is 12.6. The van der Waals surface area contributed by atoms with E-state index in [0.717, 1.165) is 18.9 Å². The number of aryl methyl sites for hydroxylation is 1. The number of rotatable bonds is 3. The first-order valence-corrected chi connectivity index (χ1v) is 5.63.